The molecule has 2 aliphatic rings. The van der Waals surface area contributed by atoms with Crippen molar-refractivity contribution in [3.05, 3.63) is 5.82 Å². The summed E-state index contributed by atoms with van der Waals surface area (Å²) in [6, 6.07) is 0. The molecule has 6 nitrogen and oxygen atoms in total. The molecule has 3 heterocycles. The summed E-state index contributed by atoms with van der Waals surface area (Å²) in [5.41, 5.74) is -0.0136. The summed E-state index contributed by atoms with van der Waals surface area (Å²) in [5, 5.41) is 10.5. The van der Waals surface area contributed by atoms with Gasteiger partial charge in [0.25, 0.3) is 0 Å². The van der Waals surface area contributed by atoms with Crippen molar-refractivity contribution in [2.24, 2.45) is 5.41 Å². The van der Waals surface area contributed by atoms with E-state index >= 15 is 0 Å². The monoisotopic (exact) mass is 298 g/mol. The fraction of sp³-hybridized carbons (Fsp3) is 0.846. The van der Waals surface area contributed by atoms with Gasteiger partial charge in [0.2, 0.25) is 5.13 Å². The Hall–Kier alpha value is -0.760. The van der Waals surface area contributed by atoms with Crippen molar-refractivity contribution in [1.82, 2.24) is 14.3 Å². The Morgan fingerprint density at radius 3 is 2.55 bits per heavy atom. The average Bonchev–Trinajstić information content (AvgIpc) is 2.92. The summed E-state index contributed by atoms with van der Waals surface area (Å²) in [6.45, 7) is 8.64. The summed E-state index contributed by atoms with van der Waals surface area (Å²) in [4.78, 5) is 9.29. The molecule has 0 amide bonds. The molecular formula is C13H22N4O2S. The van der Waals surface area contributed by atoms with Crippen molar-refractivity contribution >= 4 is 16.7 Å². The molecule has 0 radical (unpaired) electrons. The fourth-order valence-corrected chi connectivity index (χ4v) is 3.51. The van der Waals surface area contributed by atoms with Crippen molar-refractivity contribution < 1.29 is 9.84 Å². The largest absolute Gasteiger partial charge is 0.396 e. The summed E-state index contributed by atoms with van der Waals surface area (Å²) in [5.74, 6) is 0.943. The van der Waals surface area contributed by atoms with E-state index in [4.69, 9.17) is 4.74 Å². The van der Waals surface area contributed by atoms with E-state index in [0.717, 1.165) is 50.1 Å². The molecule has 7 heteroatoms. The molecule has 1 aromatic rings. The van der Waals surface area contributed by atoms with Crippen molar-refractivity contribution in [2.45, 2.75) is 13.3 Å². The van der Waals surface area contributed by atoms with E-state index in [0.29, 0.717) is 13.2 Å². The first-order valence-electron chi connectivity index (χ1n) is 7.23. The molecule has 112 valence electrons. The zero-order valence-electron chi connectivity index (χ0n) is 11.9. The van der Waals surface area contributed by atoms with Crippen LogP contribution in [0.3, 0.4) is 0 Å². The molecule has 0 saturated carbocycles. The predicted octanol–water partition coefficient (Wildman–Crippen LogP) is 0.231. The normalized spacial score (nSPS) is 22.8. The summed E-state index contributed by atoms with van der Waals surface area (Å²) in [6.07, 6.45) is 0.898. The molecule has 1 N–H and O–H groups in total. The van der Waals surface area contributed by atoms with Crippen LogP contribution in [0.4, 0.5) is 5.13 Å². The number of nitrogens with zero attached hydrogens (tertiary/aromatic N) is 4. The Morgan fingerprint density at radius 2 is 2.05 bits per heavy atom. The number of anilines is 1. The number of aromatic nitrogens is 2. The maximum absolute atomic E-state index is 9.49. The van der Waals surface area contributed by atoms with Gasteiger partial charge in [0.05, 0.1) is 25.2 Å². The van der Waals surface area contributed by atoms with Gasteiger partial charge < -0.3 is 14.7 Å². The third kappa shape index (κ3) is 2.81. The Bertz CT molecular complexity index is 436. The molecule has 3 rings (SSSR count). The molecule has 2 aliphatic heterocycles. The van der Waals surface area contributed by atoms with E-state index < -0.39 is 0 Å². The highest BCUT2D eigenvalue weighted by Gasteiger charge is 2.40. The minimum absolute atomic E-state index is 0.0136. The lowest BCUT2D eigenvalue weighted by atomic mass is 9.86. The lowest BCUT2D eigenvalue weighted by Crippen LogP contribution is -2.57. The molecule has 0 aliphatic carbocycles. The zero-order chi connectivity index (χ0) is 14.0. The van der Waals surface area contributed by atoms with Gasteiger partial charge in [-0.05, 0) is 0 Å². The Kier molecular flexibility index (Phi) is 4.21. The number of aliphatic hydroxyl groups excluding tert-OH is 1. The van der Waals surface area contributed by atoms with E-state index in [1.165, 1.54) is 11.5 Å². The summed E-state index contributed by atoms with van der Waals surface area (Å²) >= 11 is 1.50. The van der Waals surface area contributed by atoms with Crippen molar-refractivity contribution in [2.75, 3.05) is 57.4 Å². The van der Waals surface area contributed by atoms with Gasteiger partial charge in [-0.15, -0.1) is 0 Å². The van der Waals surface area contributed by atoms with Crippen LogP contribution in [0.1, 0.15) is 12.7 Å². The van der Waals surface area contributed by atoms with Gasteiger partial charge in [0, 0.05) is 50.7 Å². The number of hydrogen-bond donors (Lipinski definition) is 1. The first-order chi connectivity index (χ1) is 9.74. The van der Waals surface area contributed by atoms with Crippen molar-refractivity contribution in [3.8, 4) is 0 Å². The smallest absolute Gasteiger partial charge is 0.205 e. The van der Waals surface area contributed by atoms with Gasteiger partial charge in [0.15, 0.2) is 0 Å². The zero-order valence-corrected chi connectivity index (χ0v) is 12.7. The Balaban J connectivity index is 1.51. The van der Waals surface area contributed by atoms with Gasteiger partial charge >= 0.3 is 0 Å². The Morgan fingerprint density at radius 1 is 1.30 bits per heavy atom. The number of hydrogen-bond acceptors (Lipinski definition) is 7. The first kappa shape index (κ1) is 14.2. The van der Waals surface area contributed by atoms with Crippen LogP contribution in [0.5, 0.6) is 0 Å². The lowest BCUT2D eigenvalue weighted by molar-refractivity contribution is -0.148. The SMILES string of the molecule is CCc1nsc(N2CCN(CC3(CO)COC3)CC2)n1. The Labute approximate surface area is 123 Å². The molecule has 2 saturated heterocycles. The highest BCUT2D eigenvalue weighted by Crippen LogP contribution is 2.28. The first-order valence-corrected chi connectivity index (χ1v) is 8.00. The van der Waals surface area contributed by atoms with E-state index in [-0.39, 0.29) is 12.0 Å². The van der Waals surface area contributed by atoms with Gasteiger partial charge in [-0.2, -0.15) is 4.37 Å². The highest BCUT2D eigenvalue weighted by atomic mass is 32.1. The van der Waals surface area contributed by atoms with E-state index in [9.17, 15) is 5.11 Å². The third-order valence-corrected chi connectivity index (χ3v) is 4.94. The van der Waals surface area contributed by atoms with E-state index in [1.807, 2.05) is 0 Å². The molecule has 0 aromatic carbocycles. The lowest BCUT2D eigenvalue weighted by Gasteiger charge is -2.45. The van der Waals surface area contributed by atoms with Crippen molar-refractivity contribution in [3.63, 3.8) is 0 Å². The molecule has 0 bridgehead atoms. The molecule has 0 unspecified atom stereocenters. The second kappa shape index (κ2) is 5.93. The fourth-order valence-electron chi connectivity index (χ4n) is 2.71. The van der Waals surface area contributed by atoms with Crippen LogP contribution in [0.25, 0.3) is 0 Å². The predicted molar refractivity (Wildman–Crippen MR) is 78.3 cm³/mol. The average molecular weight is 298 g/mol. The third-order valence-electron chi connectivity index (χ3n) is 4.13. The van der Waals surface area contributed by atoms with Crippen LogP contribution in [-0.2, 0) is 11.2 Å². The topological polar surface area (TPSA) is 61.7 Å². The number of aliphatic hydroxyl groups is 1. The van der Waals surface area contributed by atoms with Crippen LogP contribution in [-0.4, -0.2) is 71.9 Å². The molecule has 0 atom stereocenters. The van der Waals surface area contributed by atoms with Crippen LogP contribution < -0.4 is 4.90 Å². The molecule has 2 fully saturated rings. The number of rotatable bonds is 5. The van der Waals surface area contributed by atoms with Gasteiger partial charge in [0.1, 0.15) is 5.82 Å². The second-order valence-corrected chi connectivity index (χ2v) is 6.49. The minimum atomic E-state index is -0.0136. The van der Waals surface area contributed by atoms with E-state index in [1.54, 1.807) is 0 Å². The summed E-state index contributed by atoms with van der Waals surface area (Å²) < 4.78 is 9.61. The minimum Gasteiger partial charge on any atom is -0.396 e. The van der Waals surface area contributed by atoms with Gasteiger partial charge in [-0.1, -0.05) is 6.92 Å². The molecule has 1 aromatic heterocycles. The maximum Gasteiger partial charge on any atom is 0.205 e. The van der Waals surface area contributed by atoms with E-state index in [2.05, 4.69) is 26.1 Å². The van der Waals surface area contributed by atoms with Gasteiger partial charge in [-0.3, -0.25) is 4.90 Å². The molecule has 0 spiro atoms. The standard InChI is InChI=1S/C13H22N4O2S/c1-2-11-14-12(20-15-11)17-5-3-16(4-6-17)7-13(8-18)9-19-10-13/h18H,2-10H2,1H3. The van der Waals surface area contributed by atoms with Crippen LogP contribution in [0, 0.1) is 5.41 Å². The number of piperazine rings is 1. The summed E-state index contributed by atoms with van der Waals surface area (Å²) in [7, 11) is 0. The number of aryl methyl sites for hydroxylation is 1. The highest BCUT2D eigenvalue weighted by molar-refractivity contribution is 7.09. The number of ether oxygens (including phenoxy) is 1. The van der Waals surface area contributed by atoms with Gasteiger partial charge in [-0.25, -0.2) is 4.98 Å². The molecule has 20 heavy (non-hydrogen) atoms. The van der Waals surface area contributed by atoms with Crippen molar-refractivity contribution in [1.29, 1.82) is 0 Å². The quantitative estimate of drug-likeness (QED) is 0.840. The van der Waals surface area contributed by atoms with Crippen LogP contribution >= 0.6 is 11.5 Å². The van der Waals surface area contributed by atoms with Crippen LogP contribution in [0.15, 0.2) is 0 Å². The maximum atomic E-state index is 9.49. The second-order valence-electron chi connectivity index (χ2n) is 5.76. The molecular weight excluding hydrogens is 276 g/mol. The van der Waals surface area contributed by atoms with Crippen LogP contribution in [0.2, 0.25) is 0 Å².